The van der Waals surface area contributed by atoms with Gasteiger partial charge in [-0.05, 0) is 37.5 Å². The fourth-order valence-corrected chi connectivity index (χ4v) is 4.02. The lowest BCUT2D eigenvalue weighted by molar-refractivity contribution is -0.140. The highest BCUT2D eigenvalue weighted by Crippen LogP contribution is 2.37. The summed E-state index contributed by atoms with van der Waals surface area (Å²) in [7, 11) is 0. The van der Waals surface area contributed by atoms with Gasteiger partial charge in [-0.2, -0.15) is 0 Å². The molecular formula is C21H27N3O5. The summed E-state index contributed by atoms with van der Waals surface area (Å²) < 4.78 is 0. The van der Waals surface area contributed by atoms with Crippen molar-refractivity contribution in [2.24, 2.45) is 11.8 Å². The maximum absolute atomic E-state index is 12.4. The van der Waals surface area contributed by atoms with Gasteiger partial charge in [0.15, 0.2) is 0 Å². The molecule has 2 unspecified atom stereocenters. The topological polar surface area (TPSA) is 116 Å². The molecule has 1 heterocycles. The van der Waals surface area contributed by atoms with Crippen molar-refractivity contribution in [2.45, 2.75) is 38.5 Å². The number of nitrogens with one attached hydrogen (secondary N) is 2. The highest BCUT2D eigenvalue weighted by molar-refractivity contribution is 6.05. The number of carbonyl (C=O) groups excluding carboxylic acids is 4. The standard InChI is InChI=1S/C21H27N3O5/c25-15-6-3-5-14(13-15)19(27)23-11-4-10-22-18(26)9-12-24-20(28)16-7-1-2-8-17(16)21(24)29/h3,5-6,13,16-17,25H,1-2,4,7-12H2,(H,22,26)(H,23,27). The number of nitrogens with zero attached hydrogens (tertiary/aromatic N) is 1. The number of fused-ring (bicyclic) bond motifs is 1. The Kier molecular flexibility index (Phi) is 6.85. The van der Waals surface area contributed by atoms with Crippen molar-refractivity contribution >= 4 is 23.6 Å². The number of rotatable bonds is 8. The first-order valence-electron chi connectivity index (χ1n) is 10.2. The molecular weight excluding hydrogens is 374 g/mol. The Morgan fingerprint density at radius 3 is 2.34 bits per heavy atom. The average Bonchev–Trinajstić information content (AvgIpc) is 2.96. The lowest BCUT2D eigenvalue weighted by Crippen LogP contribution is -2.36. The smallest absolute Gasteiger partial charge is 0.251 e. The zero-order valence-electron chi connectivity index (χ0n) is 16.4. The fourth-order valence-electron chi connectivity index (χ4n) is 4.02. The summed E-state index contributed by atoms with van der Waals surface area (Å²) in [5.74, 6) is -1.10. The Labute approximate surface area is 169 Å². The molecule has 1 aliphatic carbocycles. The van der Waals surface area contributed by atoms with Crippen LogP contribution >= 0.6 is 0 Å². The number of aromatic hydroxyl groups is 1. The molecule has 3 rings (SSSR count). The molecule has 0 bridgehead atoms. The van der Waals surface area contributed by atoms with Gasteiger partial charge in [-0.1, -0.05) is 18.9 Å². The zero-order valence-corrected chi connectivity index (χ0v) is 16.4. The summed E-state index contributed by atoms with van der Waals surface area (Å²) in [5, 5.41) is 14.8. The molecule has 1 aromatic rings. The summed E-state index contributed by atoms with van der Waals surface area (Å²) in [4.78, 5) is 50.0. The van der Waals surface area contributed by atoms with E-state index in [4.69, 9.17) is 0 Å². The van der Waals surface area contributed by atoms with Gasteiger partial charge in [0.2, 0.25) is 17.7 Å². The number of phenolic OH excluding ortho intramolecular Hbond substituents is 1. The van der Waals surface area contributed by atoms with Crippen molar-refractivity contribution in [3.63, 3.8) is 0 Å². The molecule has 156 valence electrons. The second-order valence-corrected chi connectivity index (χ2v) is 7.59. The van der Waals surface area contributed by atoms with Crippen LogP contribution in [0.2, 0.25) is 0 Å². The molecule has 1 saturated heterocycles. The third kappa shape index (κ3) is 5.13. The van der Waals surface area contributed by atoms with Crippen molar-refractivity contribution in [3.05, 3.63) is 29.8 Å². The van der Waals surface area contributed by atoms with Gasteiger partial charge in [-0.25, -0.2) is 0 Å². The number of likely N-dealkylation sites (tertiary alicyclic amines) is 1. The molecule has 1 aliphatic heterocycles. The van der Waals surface area contributed by atoms with Crippen LogP contribution in [0.25, 0.3) is 0 Å². The van der Waals surface area contributed by atoms with Crippen molar-refractivity contribution < 1.29 is 24.3 Å². The molecule has 2 atom stereocenters. The van der Waals surface area contributed by atoms with Crippen LogP contribution in [-0.2, 0) is 14.4 Å². The fraction of sp³-hybridized carbons (Fsp3) is 0.524. The zero-order chi connectivity index (χ0) is 20.8. The molecule has 1 aromatic carbocycles. The van der Waals surface area contributed by atoms with Crippen LogP contribution < -0.4 is 10.6 Å². The highest BCUT2D eigenvalue weighted by Gasteiger charge is 2.47. The number of phenols is 1. The van der Waals surface area contributed by atoms with E-state index >= 15 is 0 Å². The predicted octanol–water partition coefficient (Wildman–Crippen LogP) is 1.19. The van der Waals surface area contributed by atoms with Gasteiger partial charge in [-0.3, -0.25) is 24.1 Å². The van der Waals surface area contributed by atoms with Gasteiger partial charge >= 0.3 is 0 Å². The molecule has 1 saturated carbocycles. The Morgan fingerprint density at radius 2 is 1.69 bits per heavy atom. The van der Waals surface area contributed by atoms with Gasteiger partial charge in [0, 0.05) is 31.6 Å². The summed E-state index contributed by atoms with van der Waals surface area (Å²) >= 11 is 0. The van der Waals surface area contributed by atoms with Crippen LogP contribution in [0.4, 0.5) is 0 Å². The molecule has 8 heteroatoms. The Bertz CT molecular complexity index is 770. The quantitative estimate of drug-likeness (QED) is 0.447. The van der Waals surface area contributed by atoms with Gasteiger partial charge in [0.1, 0.15) is 5.75 Å². The molecule has 0 aromatic heterocycles. The van der Waals surface area contributed by atoms with Crippen LogP contribution in [-0.4, -0.2) is 53.3 Å². The SMILES string of the molecule is O=C(CCN1C(=O)C2CCCCC2C1=O)NCCCNC(=O)c1cccc(O)c1. The van der Waals surface area contributed by atoms with Gasteiger partial charge < -0.3 is 15.7 Å². The lowest BCUT2D eigenvalue weighted by atomic mass is 9.81. The first-order chi connectivity index (χ1) is 14.0. The van der Waals surface area contributed by atoms with Crippen LogP contribution in [0, 0.1) is 11.8 Å². The molecule has 3 N–H and O–H groups in total. The third-order valence-electron chi connectivity index (χ3n) is 5.56. The molecule has 4 amide bonds. The molecule has 0 spiro atoms. The maximum Gasteiger partial charge on any atom is 0.251 e. The highest BCUT2D eigenvalue weighted by atomic mass is 16.3. The number of hydrogen-bond acceptors (Lipinski definition) is 5. The van der Waals surface area contributed by atoms with Crippen molar-refractivity contribution in [2.75, 3.05) is 19.6 Å². The second kappa shape index (κ2) is 9.54. The minimum absolute atomic E-state index is 0.0270. The number of benzene rings is 1. The normalized spacial score (nSPS) is 21.0. The number of carbonyl (C=O) groups is 4. The van der Waals surface area contributed by atoms with E-state index in [9.17, 15) is 24.3 Å². The van der Waals surface area contributed by atoms with Crippen LogP contribution in [0.1, 0.15) is 48.9 Å². The molecule has 29 heavy (non-hydrogen) atoms. The Morgan fingerprint density at radius 1 is 1.03 bits per heavy atom. The predicted molar refractivity (Wildman–Crippen MR) is 105 cm³/mol. The average molecular weight is 401 g/mol. The maximum atomic E-state index is 12.4. The van der Waals surface area contributed by atoms with Crippen LogP contribution in [0.3, 0.4) is 0 Å². The summed E-state index contributed by atoms with van der Waals surface area (Å²) in [6, 6.07) is 6.07. The van der Waals surface area contributed by atoms with E-state index in [0.717, 1.165) is 25.7 Å². The molecule has 2 aliphatic rings. The van der Waals surface area contributed by atoms with Gasteiger partial charge in [-0.15, -0.1) is 0 Å². The van der Waals surface area contributed by atoms with Crippen molar-refractivity contribution in [3.8, 4) is 5.75 Å². The Balaban J connectivity index is 1.32. The lowest BCUT2D eigenvalue weighted by Gasteiger charge is -2.19. The van der Waals surface area contributed by atoms with E-state index in [1.165, 1.54) is 17.0 Å². The largest absolute Gasteiger partial charge is 0.508 e. The summed E-state index contributed by atoms with van der Waals surface area (Å²) in [5.41, 5.74) is 0.370. The van der Waals surface area contributed by atoms with E-state index in [1.807, 2.05) is 0 Å². The monoisotopic (exact) mass is 401 g/mol. The minimum atomic E-state index is -0.292. The van der Waals surface area contributed by atoms with E-state index in [1.54, 1.807) is 12.1 Å². The molecule has 8 nitrogen and oxygen atoms in total. The van der Waals surface area contributed by atoms with Crippen LogP contribution in [0.15, 0.2) is 24.3 Å². The molecule has 2 fully saturated rings. The number of amides is 4. The van der Waals surface area contributed by atoms with Crippen LogP contribution in [0.5, 0.6) is 5.75 Å². The Hall–Kier alpha value is -2.90. The minimum Gasteiger partial charge on any atom is -0.508 e. The van der Waals surface area contributed by atoms with Gasteiger partial charge in [0.05, 0.1) is 11.8 Å². The number of imide groups is 1. The first kappa shape index (κ1) is 20.8. The van der Waals surface area contributed by atoms with Crippen molar-refractivity contribution in [1.82, 2.24) is 15.5 Å². The van der Waals surface area contributed by atoms with E-state index in [-0.39, 0.29) is 54.2 Å². The van der Waals surface area contributed by atoms with Gasteiger partial charge in [0.25, 0.3) is 5.91 Å². The first-order valence-corrected chi connectivity index (χ1v) is 10.2. The third-order valence-corrected chi connectivity index (χ3v) is 5.56. The second-order valence-electron chi connectivity index (χ2n) is 7.59. The summed E-state index contributed by atoms with van der Waals surface area (Å²) in [6.07, 6.45) is 4.14. The van der Waals surface area contributed by atoms with E-state index in [2.05, 4.69) is 10.6 Å². The summed E-state index contributed by atoms with van der Waals surface area (Å²) in [6.45, 7) is 0.887. The molecule has 0 radical (unpaired) electrons. The van der Waals surface area contributed by atoms with E-state index in [0.29, 0.717) is 25.1 Å². The number of hydrogen-bond donors (Lipinski definition) is 3. The van der Waals surface area contributed by atoms with E-state index < -0.39 is 0 Å². The van der Waals surface area contributed by atoms with Crippen molar-refractivity contribution in [1.29, 1.82) is 0 Å².